The average molecular weight is 186 g/mol. The normalized spacial score (nSPS) is 9.92. The number of pyridine rings is 1. The smallest absolute Gasteiger partial charge is 0.149 e. The third-order valence-corrected chi connectivity index (χ3v) is 0.779. The minimum Gasteiger partial charge on any atom is -0.391 e. The molecule has 0 saturated carbocycles. The van der Waals surface area contributed by atoms with Crippen LogP contribution in [0.2, 0.25) is 0 Å². The molecule has 0 amide bonds. The maximum Gasteiger partial charge on any atom is 0.149 e. The van der Waals surface area contributed by atoms with E-state index in [2.05, 4.69) is 4.98 Å². The van der Waals surface area contributed by atoms with Gasteiger partial charge in [0.05, 0.1) is 5.60 Å². The van der Waals surface area contributed by atoms with E-state index in [0.29, 0.717) is 5.82 Å². The van der Waals surface area contributed by atoms with E-state index in [4.69, 9.17) is 10.3 Å². The highest BCUT2D eigenvalue weighted by molar-refractivity contribution is 5.29. The molecule has 4 heteroatoms. The molecule has 76 valence electrons. The molecule has 0 saturated heterocycles. The van der Waals surface area contributed by atoms with Crippen LogP contribution in [0.4, 0.5) is 5.82 Å². The third kappa shape index (κ3) is 10.9. The van der Waals surface area contributed by atoms with Crippen LogP contribution >= 0.6 is 0 Å². The zero-order chi connectivity index (χ0) is 10.3. The fraction of sp³-hybridized carbons (Fsp3) is 0.444. The first-order chi connectivity index (χ1) is 5.93. The lowest BCUT2D eigenvalue weighted by molar-refractivity contribution is 0.102. The van der Waals surface area contributed by atoms with E-state index in [0.717, 1.165) is 0 Å². The third-order valence-electron chi connectivity index (χ3n) is 0.779. The van der Waals surface area contributed by atoms with Gasteiger partial charge in [-0.3, -0.25) is 10.7 Å². The van der Waals surface area contributed by atoms with E-state index in [1.165, 1.54) is 0 Å². The molecule has 0 aliphatic carbocycles. The van der Waals surface area contributed by atoms with Gasteiger partial charge in [0.15, 0.2) is 0 Å². The summed E-state index contributed by atoms with van der Waals surface area (Å²) in [6.45, 7) is 5.23. The van der Waals surface area contributed by atoms with Crippen molar-refractivity contribution in [3.8, 4) is 0 Å². The fourth-order valence-corrected chi connectivity index (χ4v) is 0.429. The number of hydrogen-bond acceptors (Lipinski definition) is 4. The van der Waals surface area contributed by atoms with Crippen LogP contribution in [0.1, 0.15) is 22.2 Å². The maximum absolute atomic E-state index is 8.52. The molecular weight excluding hydrogens is 168 g/mol. The summed E-state index contributed by atoms with van der Waals surface area (Å²) in [5.41, 5.74) is 1.42. The van der Waals surface area contributed by atoms with Crippen LogP contribution in [-0.4, -0.2) is 20.9 Å². The van der Waals surface area contributed by atoms with Gasteiger partial charge in [-0.2, -0.15) is 0 Å². The molecule has 0 aliphatic heterocycles. The Labute approximate surface area is 79.7 Å². The van der Waals surface area contributed by atoms with Gasteiger partial charge >= 0.3 is 0 Å². The largest absolute Gasteiger partial charge is 0.391 e. The van der Waals surface area contributed by atoms with Crippen molar-refractivity contribution in [2.24, 2.45) is 0 Å². The van der Waals surface area contributed by atoms with Crippen LogP contribution in [-0.2, 0) is 0 Å². The summed E-state index contributed by atoms with van der Waals surface area (Å²) in [7, 11) is 0. The second-order valence-electron chi connectivity index (χ2n) is 3.50. The molecule has 3 N–H and O–H groups in total. The predicted molar refractivity (Wildman–Crippen MR) is 53.7 cm³/mol. The Hall–Kier alpha value is -1.13. The fourth-order valence-electron chi connectivity index (χ4n) is 0.429. The zero-order valence-electron chi connectivity index (χ0n) is 8.15. The second-order valence-corrected chi connectivity index (χ2v) is 3.50. The summed E-state index contributed by atoms with van der Waals surface area (Å²) in [5, 5.41) is 16.7. The molecule has 1 heterocycles. The van der Waals surface area contributed by atoms with Crippen molar-refractivity contribution in [1.82, 2.24) is 4.98 Å². The highest BCUT2D eigenvalue weighted by Crippen LogP contribution is 1.95. The molecule has 1 aromatic heterocycles. The quantitative estimate of drug-likeness (QED) is 0.586. The predicted octanol–water partition coefficient (Wildman–Crippen LogP) is 1.91. The monoisotopic (exact) mass is 186 g/mol. The first-order valence-electron chi connectivity index (χ1n) is 3.97. The topological polar surface area (TPSA) is 65.4 Å². The van der Waals surface area contributed by atoms with Gasteiger partial charge in [-0.15, -0.1) is 0 Å². The molecular formula is C9H18N2O2. The molecule has 0 atom stereocenters. The number of rotatable bonds is 1. The van der Waals surface area contributed by atoms with Gasteiger partial charge in [-0.25, -0.2) is 4.98 Å². The summed E-state index contributed by atoms with van der Waals surface area (Å²) in [6.07, 6.45) is 1.60. The molecule has 0 radical (unpaired) electrons. The number of nitrogens with zero attached hydrogens (tertiary/aromatic N) is 1. The Morgan fingerprint density at radius 1 is 1.38 bits per heavy atom. The van der Waals surface area contributed by atoms with E-state index in [1.54, 1.807) is 45.2 Å². The molecule has 0 unspecified atom stereocenters. The minimum atomic E-state index is -0.500. The van der Waals surface area contributed by atoms with E-state index in [-0.39, 0.29) is 1.43 Å². The molecule has 1 rings (SSSR count). The van der Waals surface area contributed by atoms with Gasteiger partial charge in [0.25, 0.3) is 0 Å². The molecule has 13 heavy (non-hydrogen) atoms. The van der Waals surface area contributed by atoms with Gasteiger partial charge < -0.3 is 5.11 Å². The Balaban J connectivity index is 0. The summed E-state index contributed by atoms with van der Waals surface area (Å²) in [5.74, 6) is 0.465. The van der Waals surface area contributed by atoms with E-state index >= 15 is 0 Å². The molecule has 0 aromatic carbocycles. The maximum atomic E-state index is 8.52. The lowest BCUT2D eigenvalue weighted by Gasteiger charge is -2.04. The van der Waals surface area contributed by atoms with E-state index in [1.807, 2.05) is 5.48 Å². The number of aliphatic hydroxyl groups is 1. The van der Waals surface area contributed by atoms with Crippen LogP contribution in [0.15, 0.2) is 24.4 Å². The molecule has 0 aliphatic rings. The molecule has 0 spiro atoms. The van der Waals surface area contributed by atoms with E-state index < -0.39 is 5.60 Å². The van der Waals surface area contributed by atoms with Crippen molar-refractivity contribution in [3.05, 3.63) is 24.4 Å². The van der Waals surface area contributed by atoms with Crippen LogP contribution in [0, 0.1) is 0 Å². The summed E-state index contributed by atoms with van der Waals surface area (Å²) in [4.78, 5) is 3.74. The summed E-state index contributed by atoms with van der Waals surface area (Å²) < 4.78 is 0. The number of anilines is 1. The van der Waals surface area contributed by atoms with Crippen molar-refractivity contribution < 1.29 is 11.7 Å². The van der Waals surface area contributed by atoms with Gasteiger partial charge in [0.2, 0.25) is 0 Å². The molecule has 0 bridgehead atoms. The van der Waals surface area contributed by atoms with Crippen molar-refractivity contribution in [2.75, 3.05) is 5.48 Å². The SMILES string of the molecule is CC(C)(C)O.ONc1ccccn1.[HH]. The highest BCUT2D eigenvalue weighted by atomic mass is 16.5. The van der Waals surface area contributed by atoms with Gasteiger partial charge in [-0.05, 0) is 32.9 Å². The lowest BCUT2D eigenvalue weighted by Crippen LogP contribution is -2.10. The Morgan fingerprint density at radius 3 is 2.15 bits per heavy atom. The van der Waals surface area contributed by atoms with Crippen molar-refractivity contribution in [2.45, 2.75) is 26.4 Å². The summed E-state index contributed by atoms with van der Waals surface area (Å²) >= 11 is 0. The minimum absolute atomic E-state index is 0. The second kappa shape index (κ2) is 5.50. The van der Waals surface area contributed by atoms with Crippen LogP contribution in [0.5, 0.6) is 0 Å². The van der Waals surface area contributed by atoms with Crippen molar-refractivity contribution in [1.29, 1.82) is 0 Å². The molecule has 0 fully saturated rings. The standard InChI is InChI=1S/C5H6N2O.C4H10O.H2/c8-7-5-3-1-2-4-6-5;1-4(2,3)5;/h1-4,8H,(H,6,7);5H,1-3H3;1H. The Morgan fingerprint density at radius 2 is 1.92 bits per heavy atom. The first kappa shape index (κ1) is 11.9. The van der Waals surface area contributed by atoms with Crippen LogP contribution in [0.25, 0.3) is 0 Å². The number of nitrogens with one attached hydrogen (secondary N) is 1. The summed E-state index contributed by atoms with van der Waals surface area (Å²) in [6, 6.07) is 5.23. The average Bonchev–Trinajstić information content (AvgIpc) is 2.03. The van der Waals surface area contributed by atoms with Crippen LogP contribution < -0.4 is 5.48 Å². The lowest BCUT2D eigenvalue weighted by atomic mass is 10.2. The Bertz CT molecular complexity index is 218. The zero-order valence-corrected chi connectivity index (χ0v) is 8.15. The van der Waals surface area contributed by atoms with Gasteiger partial charge in [0, 0.05) is 7.62 Å². The van der Waals surface area contributed by atoms with Crippen molar-refractivity contribution >= 4 is 5.82 Å². The van der Waals surface area contributed by atoms with Gasteiger partial charge in [-0.1, -0.05) is 6.07 Å². The number of hydrogen-bond donors (Lipinski definition) is 3. The highest BCUT2D eigenvalue weighted by Gasteiger charge is 1.97. The van der Waals surface area contributed by atoms with Gasteiger partial charge in [0.1, 0.15) is 5.82 Å². The first-order valence-corrected chi connectivity index (χ1v) is 3.97. The molecule has 4 nitrogen and oxygen atoms in total. The Kier molecular flexibility index (Phi) is 5.03. The number of aromatic nitrogens is 1. The van der Waals surface area contributed by atoms with Crippen molar-refractivity contribution in [3.63, 3.8) is 0 Å². The van der Waals surface area contributed by atoms with Crippen LogP contribution in [0.3, 0.4) is 0 Å². The van der Waals surface area contributed by atoms with E-state index in [9.17, 15) is 0 Å². The molecule has 1 aromatic rings.